The van der Waals surface area contributed by atoms with E-state index in [-0.39, 0.29) is 0 Å². The van der Waals surface area contributed by atoms with Gasteiger partial charge in [-0.25, -0.2) is 8.42 Å². The first-order valence-electron chi connectivity index (χ1n) is 10.1. The van der Waals surface area contributed by atoms with Gasteiger partial charge in [-0.1, -0.05) is 18.2 Å². The molecule has 5 nitrogen and oxygen atoms in total. The molecule has 2 aromatic heterocycles. The molecule has 4 heterocycles. The van der Waals surface area contributed by atoms with Crippen molar-refractivity contribution in [3.63, 3.8) is 0 Å². The molecule has 4 aromatic rings. The zero-order valence-electron chi connectivity index (χ0n) is 16.5. The van der Waals surface area contributed by atoms with Crippen molar-refractivity contribution in [2.75, 3.05) is 0 Å². The Hall–Kier alpha value is -2.57. The van der Waals surface area contributed by atoms with E-state index in [4.69, 9.17) is 0 Å². The van der Waals surface area contributed by atoms with E-state index >= 15 is 0 Å². The van der Waals surface area contributed by atoms with E-state index in [9.17, 15) is 8.42 Å². The zero-order valence-corrected chi connectivity index (χ0v) is 17.3. The molecular formula is C23H23N3O2S. The number of hydrogen-bond donors (Lipinski definition) is 1. The molecule has 1 fully saturated rings. The second kappa shape index (κ2) is 5.74. The molecule has 29 heavy (non-hydrogen) atoms. The lowest BCUT2D eigenvalue weighted by molar-refractivity contribution is 0.503. The summed E-state index contributed by atoms with van der Waals surface area (Å²) in [4.78, 5) is 0.744. The first kappa shape index (κ1) is 17.3. The van der Waals surface area contributed by atoms with Crippen molar-refractivity contribution in [2.24, 2.45) is 14.1 Å². The van der Waals surface area contributed by atoms with Gasteiger partial charge >= 0.3 is 0 Å². The van der Waals surface area contributed by atoms with Crippen molar-refractivity contribution in [1.29, 1.82) is 0 Å². The van der Waals surface area contributed by atoms with Crippen molar-refractivity contribution in [2.45, 2.75) is 41.1 Å². The van der Waals surface area contributed by atoms with Gasteiger partial charge in [0, 0.05) is 66.3 Å². The number of sulfone groups is 1. The summed E-state index contributed by atoms with van der Waals surface area (Å²) in [7, 11) is 0.373. The van der Waals surface area contributed by atoms with Crippen LogP contribution < -0.4 is 5.32 Å². The number of nitrogens with one attached hydrogen (secondary N) is 1. The summed E-state index contributed by atoms with van der Waals surface area (Å²) in [5, 5.41) is 5.54. The maximum atomic E-state index is 13.6. The zero-order chi connectivity index (χ0) is 19.9. The SMILES string of the molecule is Cn1cc(S(=O)(=O)c2ccc3c(c2)c2c(n3C)CC3CCC2N3)c2ccccc21. The third-order valence-corrected chi connectivity index (χ3v) is 8.60. The van der Waals surface area contributed by atoms with Crippen LogP contribution >= 0.6 is 0 Å². The Labute approximate surface area is 169 Å². The standard InChI is InChI=1S/C23H23N3O2S/c1-25-13-22(16-5-3-4-6-19(16)25)29(27,28)15-8-10-20-17(12-15)23-18-9-7-14(24-18)11-21(23)26(20)2/h3-6,8,10,12-14,18,24H,7,9,11H2,1-2H3. The van der Waals surface area contributed by atoms with Crippen LogP contribution in [0.1, 0.15) is 30.1 Å². The molecule has 148 valence electrons. The monoisotopic (exact) mass is 405 g/mol. The number of aromatic nitrogens is 2. The molecule has 0 aliphatic carbocycles. The Bertz CT molecular complexity index is 1410. The van der Waals surface area contributed by atoms with Gasteiger partial charge in [0.25, 0.3) is 0 Å². The van der Waals surface area contributed by atoms with Gasteiger partial charge in [-0.2, -0.15) is 0 Å². The smallest absolute Gasteiger partial charge is 0.208 e. The minimum atomic E-state index is -3.62. The molecule has 1 N–H and O–H groups in total. The second-order valence-electron chi connectivity index (χ2n) is 8.42. The molecular weight excluding hydrogens is 382 g/mol. The van der Waals surface area contributed by atoms with E-state index in [1.165, 1.54) is 17.7 Å². The fourth-order valence-electron chi connectivity index (χ4n) is 5.39. The lowest BCUT2D eigenvalue weighted by Crippen LogP contribution is -2.32. The molecule has 6 rings (SSSR count). The van der Waals surface area contributed by atoms with Crippen molar-refractivity contribution in [3.05, 3.63) is 59.9 Å². The van der Waals surface area contributed by atoms with Gasteiger partial charge in [0.2, 0.25) is 9.84 Å². The number of nitrogens with zero attached hydrogens (tertiary/aromatic N) is 2. The lowest BCUT2D eigenvalue weighted by Gasteiger charge is -2.23. The van der Waals surface area contributed by atoms with Crippen LogP contribution in [0.25, 0.3) is 21.8 Å². The summed E-state index contributed by atoms with van der Waals surface area (Å²) in [6, 6.07) is 14.2. The number of benzene rings is 2. The fourth-order valence-corrected chi connectivity index (χ4v) is 6.93. The first-order valence-corrected chi connectivity index (χ1v) is 11.6. The van der Waals surface area contributed by atoms with Crippen LogP contribution in [-0.4, -0.2) is 23.6 Å². The highest BCUT2D eigenvalue weighted by Crippen LogP contribution is 2.42. The van der Waals surface area contributed by atoms with E-state index in [1.54, 1.807) is 12.3 Å². The fraction of sp³-hybridized carbons (Fsp3) is 0.304. The van der Waals surface area contributed by atoms with Gasteiger partial charge in [-0.15, -0.1) is 0 Å². The summed E-state index contributed by atoms with van der Waals surface area (Å²) in [6.45, 7) is 0. The van der Waals surface area contributed by atoms with E-state index in [2.05, 4.69) is 16.9 Å². The average molecular weight is 406 g/mol. The van der Waals surface area contributed by atoms with E-state index in [0.29, 0.717) is 21.9 Å². The molecule has 0 radical (unpaired) electrons. The average Bonchev–Trinajstić information content (AvgIpc) is 3.36. The molecule has 2 atom stereocenters. The molecule has 0 amide bonds. The molecule has 2 aliphatic rings. The maximum absolute atomic E-state index is 13.6. The molecule has 2 bridgehead atoms. The molecule has 1 saturated heterocycles. The van der Waals surface area contributed by atoms with Gasteiger partial charge in [0.05, 0.1) is 9.79 Å². The highest BCUT2D eigenvalue weighted by atomic mass is 32.2. The third kappa shape index (κ3) is 2.27. The highest BCUT2D eigenvalue weighted by Gasteiger charge is 2.36. The third-order valence-electron chi connectivity index (χ3n) is 6.82. The van der Waals surface area contributed by atoms with Gasteiger partial charge in [-0.3, -0.25) is 0 Å². The molecule has 2 unspecified atom stereocenters. The van der Waals surface area contributed by atoms with E-state index in [0.717, 1.165) is 34.6 Å². The molecule has 0 saturated carbocycles. The molecule has 6 heteroatoms. The van der Waals surface area contributed by atoms with Crippen LogP contribution in [0.2, 0.25) is 0 Å². The van der Waals surface area contributed by atoms with Crippen LogP contribution in [0.15, 0.2) is 58.5 Å². The topological polar surface area (TPSA) is 56.0 Å². The van der Waals surface area contributed by atoms with Crippen LogP contribution in [0.3, 0.4) is 0 Å². The Kier molecular flexibility index (Phi) is 3.42. The van der Waals surface area contributed by atoms with Gasteiger partial charge in [0.15, 0.2) is 0 Å². The minimum absolute atomic E-state index is 0.336. The Morgan fingerprint density at radius 1 is 1.00 bits per heavy atom. The summed E-state index contributed by atoms with van der Waals surface area (Å²) in [5.74, 6) is 0. The molecule has 2 aliphatic heterocycles. The number of rotatable bonds is 2. The largest absolute Gasteiger partial charge is 0.349 e. The highest BCUT2D eigenvalue weighted by molar-refractivity contribution is 7.91. The summed E-state index contributed by atoms with van der Waals surface area (Å²) >= 11 is 0. The Morgan fingerprint density at radius 3 is 2.69 bits per heavy atom. The van der Waals surface area contributed by atoms with E-state index in [1.807, 2.05) is 48.0 Å². The Balaban J connectivity index is 1.58. The number of hydrogen-bond acceptors (Lipinski definition) is 3. The number of fused-ring (bicyclic) bond motifs is 7. The number of para-hydroxylation sites is 1. The van der Waals surface area contributed by atoms with Crippen LogP contribution in [-0.2, 0) is 30.4 Å². The maximum Gasteiger partial charge on any atom is 0.208 e. The minimum Gasteiger partial charge on any atom is -0.349 e. The predicted octanol–water partition coefficient (Wildman–Crippen LogP) is 3.85. The van der Waals surface area contributed by atoms with Crippen LogP contribution in [0.5, 0.6) is 0 Å². The summed E-state index contributed by atoms with van der Waals surface area (Å²) in [5.41, 5.74) is 4.68. The normalized spacial score (nSPS) is 21.2. The first-order chi connectivity index (χ1) is 13.9. The number of aryl methyl sites for hydroxylation is 2. The van der Waals surface area contributed by atoms with Crippen molar-refractivity contribution in [3.8, 4) is 0 Å². The molecule has 0 spiro atoms. The predicted molar refractivity (Wildman–Crippen MR) is 114 cm³/mol. The van der Waals surface area contributed by atoms with Crippen molar-refractivity contribution >= 4 is 31.6 Å². The van der Waals surface area contributed by atoms with Gasteiger partial charge < -0.3 is 14.5 Å². The van der Waals surface area contributed by atoms with Crippen LogP contribution in [0.4, 0.5) is 0 Å². The molecule has 2 aromatic carbocycles. The van der Waals surface area contributed by atoms with E-state index < -0.39 is 9.84 Å². The second-order valence-corrected chi connectivity index (χ2v) is 10.3. The summed E-state index contributed by atoms with van der Waals surface area (Å²) in [6.07, 6.45) is 5.06. The lowest BCUT2D eigenvalue weighted by atomic mass is 9.99. The van der Waals surface area contributed by atoms with Gasteiger partial charge in [-0.05, 0) is 42.7 Å². The van der Waals surface area contributed by atoms with Crippen LogP contribution in [0, 0.1) is 0 Å². The van der Waals surface area contributed by atoms with Crippen molar-refractivity contribution in [1.82, 2.24) is 14.5 Å². The van der Waals surface area contributed by atoms with Crippen molar-refractivity contribution < 1.29 is 8.42 Å². The van der Waals surface area contributed by atoms with Gasteiger partial charge in [0.1, 0.15) is 0 Å². The summed E-state index contributed by atoms with van der Waals surface area (Å²) < 4.78 is 31.3. The Morgan fingerprint density at radius 2 is 1.83 bits per heavy atom. The quantitative estimate of drug-likeness (QED) is 0.551.